The van der Waals surface area contributed by atoms with Crippen molar-refractivity contribution in [1.29, 1.82) is 0 Å². The van der Waals surface area contributed by atoms with Gasteiger partial charge in [0.25, 0.3) is 0 Å². The summed E-state index contributed by atoms with van der Waals surface area (Å²) in [6, 6.07) is 67.1. The van der Waals surface area contributed by atoms with Crippen LogP contribution in [-0.4, -0.2) is 0 Å². The van der Waals surface area contributed by atoms with E-state index in [2.05, 4.69) is 230 Å². The maximum atomic E-state index is 6.17. The molecule has 9 aromatic rings. The van der Waals surface area contributed by atoms with Gasteiger partial charge in [-0.1, -0.05) is 233 Å². The van der Waals surface area contributed by atoms with Gasteiger partial charge in [-0.3, -0.25) is 0 Å². The summed E-state index contributed by atoms with van der Waals surface area (Å²) in [7, 11) is 0. The van der Waals surface area contributed by atoms with Gasteiger partial charge in [0, 0.05) is 21.8 Å². The van der Waals surface area contributed by atoms with Crippen LogP contribution in [0.2, 0.25) is 0 Å². The molecule has 1 atom stereocenters. The zero-order chi connectivity index (χ0) is 44.2. The van der Waals surface area contributed by atoms with Crippen molar-refractivity contribution < 1.29 is 4.42 Å². The highest BCUT2D eigenvalue weighted by atomic mass is 16.3. The lowest BCUT2D eigenvalue weighted by Gasteiger charge is -2.25. The molecule has 0 radical (unpaired) electrons. The van der Waals surface area contributed by atoms with Crippen molar-refractivity contribution in [3.05, 3.63) is 234 Å². The molecule has 1 nitrogen and oxygen atoms in total. The monoisotopic (exact) mass is 830 g/mol. The molecule has 0 fully saturated rings. The van der Waals surface area contributed by atoms with Gasteiger partial charge in [-0.15, -0.1) is 0 Å². The molecule has 0 spiro atoms. The molecule has 8 aromatic carbocycles. The second-order valence-electron chi connectivity index (χ2n) is 18.2. The van der Waals surface area contributed by atoms with E-state index < -0.39 is 0 Å². The fourth-order valence-electron chi connectivity index (χ4n) is 9.60. The van der Waals surface area contributed by atoms with E-state index in [-0.39, 0.29) is 5.41 Å². The molecule has 0 saturated heterocycles. The number of para-hydroxylation sites is 2. The lowest BCUT2D eigenvalue weighted by atomic mass is 9.78. The Morgan fingerprint density at radius 2 is 1.08 bits per heavy atom. The van der Waals surface area contributed by atoms with Gasteiger partial charge in [0.1, 0.15) is 11.2 Å². The van der Waals surface area contributed by atoms with Crippen molar-refractivity contribution in [3.63, 3.8) is 0 Å². The highest BCUT2D eigenvalue weighted by molar-refractivity contribution is 6.09. The topological polar surface area (TPSA) is 13.1 Å². The highest BCUT2D eigenvalue weighted by Crippen LogP contribution is 2.51. The number of furan rings is 1. The van der Waals surface area contributed by atoms with Crippen LogP contribution in [-0.2, 0) is 11.8 Å². The smallest absolute Gasteiger partial charge is 0.143 e. The maximum absolute atomic E-state index is 6.17. The Morgan fingerprint density at radius 1 is 0.516 bits per heavy atom. The van der Waals surface area contributed by atoms with E-state index >= 15 is 0 Å². The quantitative estimate of drug-likeness (QED) is 0.163. The van der Waals surface area contributed by atoms with Crippen molar-refractivity contribution in [2.24, 2.45) is 5.92 Å². The SMILES string of the molecule is CCCc1ccc(-c2cccc(-c3ccccc3)c2)cc1.Cc1ccc(-c2ccc(-c3cccc4c3oc3ccccc34)cc2)cc1.Cc1ccc2c(c1)C(C)(C)C1=C2C(C)CC=C1. The molecule has 0 bridgehead atoms. The summed E-state index contributed by atoms with van der Waals surface area (Å²) < 4.78 is 6.17. The molecule has 0 aliphatic heterocycles. The second kappa shape index (κ2) is 18.4. The summed E-state index contributed by atoms with van der Waals surface area (Å²) >= 11 is 0. The molecule has 1 aromatic heterocycles. The molecular weight excluding hydrogens is 773 g/mol. The largest absolute Gasteiger partial charge is 0.455 e. The van der Waals surface area contributed by atoms with E-state index in [0.717, 1.165) is 23.2 Å². The first-order valence-corrected chi connectivity index (χ1v) is 23.0. The third-order valence-corrected chi connectivity index (χ3v) is 13.1. The second-order valence-corrected chi connectivity index (χ2v) is 18.2. The standard InChI is InChI=1S/C25H18O.C21H20.C17H20/c1-17-9-11-18(12-10-17)19-13-15-20(16-14-19)21-6-4-7-23-22-5-2-3-8-24(22)26-25(21)23;1-2-7-17-12-14-19(15-13-17)21-11-6-10-20(16-21)18-8-4-3-5-9-18;1-11-8-9-13-15(10-11)17(3,4)14-7-5-6-12(2)16(13)14/h2-16H,1H3;3-6,8-16H,2,7H2,1H3;5,7-10,12H,6H2,1-4H3. The van der Waals surface area contributed by atoms with Crippen molar-refractivity contribution in [2.75, 3.05) is 0 Å². The van der Waals surface area contributed by atoms with Crippen molar-refractivity contribution in [1.82, 2.24) is 0 Å². The summed E-state index contributed by atoms with van der Waals surface area (Å²) in [5.41, 5.74) is 22.1. The van der Waals surface area contributed by atoms with Crippen molar-refractivity contribution in [2.45, 2.75) is 66.2 Å². The molecule has 1 unspecified atom stereocenters. The predicted octanol–water partition coefficient (Wildman–Crippen LogP) is 17.8. The fraction of sp³-hybridized carbons (Fsp3) is 0.175. The zero-order valence-electron chi connectivity index (χ0n) is 38.2. The summed E-state index contributed by atoms with van der Waals surface area (Å²) in [4.78, 5) is 0. The van der Waals surface area contributed by atoms with Crippen molar-refractivity contribution in [3.8, 4) is 44.5 Å². The molecule has 0 amide bonds. The summed E-state index contributed by atoms with van der Waals surface area (Å²) in [6.45, 7) is 13.6. The van der Waals surface area contributed by atoms with E-state index in [1.54, 1.807) is 5.57 Å². The van der Waals surface area contributed by atoms with E-state index in [1.165, 1.54) is 95.9 Å². The normalized spacial score (nSPS) is 14.6. The molecule has 2 aliphatic carbocycles. The Kier molecular flexibility index (Phi) is 12.2. The van der Waals surface area contributed by atoms with Crippen LogP contribution in [0.15, 0.2) is 210 Å². The Bertz CT molecular complexity index is 3100. The Hall–Kier alpha value is -6.96. The number of hydrogen-bond donors (Lipinski definition) is 0. The van der Waals surface area contributed by atoms with Crippen LogP contribution in [0.25, 0.3) is 72.0 Å². The van der Waals surface area contributed by atoms with E-state index in [0.29, 0.717) is 5.92 Å². The number of benzene rings is 8. The minimum Gasteiger partial charge on any atom is -0.455 e. The molecule has 1 heteroatoms. The first-order valence-electron chi connectivity index (χ1n) is 23.0. The van der Waals surface area contributed by atoms with Gasteiger partial charge < -0.3 is 4.42 Å². The first kappa shape index (κ1) is 42.3. The van der Waals surface area contributed by atoms with Crippen LogP contribution in [0.4, 0.5) is 0 Å². The van der Waals surface area contributed by atoms with E-state index in [1.807, 2.05) is 12.1 Å². The average molecular weight is 831 g/mol. The molecule has 0 N–H and O–H groups in total. The third-order valence-electron chi connectivity index (χ3n) is 13.1. The first-order chi connectivity index (χ1) is 31.2. The van der Waals surface area contributed by atoms with Crippen LogP contribution in [0, 0.1) is 19.8 Å². The number of allylic oxidation sites excluding steroid dienone is 4. The van der Waals surface area contributed by atoms with Crippen LogP contribution < -0.4 is 0 Å². The molecule has 0 saturated carbocycles. The molecule has 316 valence electrons. The summed E-state index contributed by atoms with van der Waals surface area (Å²) in [5.74, 6) is 0.665. The Labute approximate surface area is 380 Å². The van der Waals surface area contributed by atoms with Gasteiger partial charge in [-0.2, -0.15) is 0 Å². The van der Waals surface area contributed by atoms with Gasteiger partial charge in [-0.05, 0) is 112 Å². The highest BCUT2D eigenvalue weighted by Gasteiger charge is 2.38. The van der Waals surface area contributed by atoms with Crippen molar-refractivity contribution >= 4 is 27.5 Å². The van der Waals surface area contributed by atoms with E-state index in [9.17, 15) is 0 Å². The summed E-state index contributed by atoms with van der Waals surface area (Å²) in [6.07, 6.45) is 8.23. The molecule has 2 aliphatic rings. The number of aryl methyl sites for hydroxylation is 3. The van der Waals surface area contributed by atoms with Crippen LogP contribution in [0.5, 0.6) is 0 Å². The van der Waals surface area contributed by atoms with Crippen LogP contribution >= 0.6 is 0 Å². The maximum Gasteiger partial charge on any atom is 0.143 e. The van der Waals surface area contributed by atoms with Gasteiger partial charge in [0.15, 0.2) is 0 Å². The van der Waals surface area contributed by atoms with E-state index in [4.69, 9.17) is 4.42 Å². The lowest BCUT2D eigenvalue weighted by molar-refractivity contribution is 0.643. The Morgan fingerprint density at radius 3 is 1.80 bits per heavy atom. The zero-order valence-corrected chi connectivity index (χ0v) is 38.2. The van der Waals surface area contributed by atoms with Gasteiger partial charge in [-0.25, -0.2) is 0 Å². The Balaban J connectivity index is 0.000000124. The predicted molar refractivity (Wildman–Crippen MR) is 275 cm³/mol. The van der Waals surface area contributed by atoms with Gasteiger partial charge >= 0.3 is 0 Å². The molecule has 64 heavy (non-hydrogen) atoms. The minimum atomic E-state index is 0.182. The van der Waals surface area contributed by atoms with Gasteiger partial charge in [0.2, 0.25) is 0 Å². The molecule has 1 heterocycles. The molecular formula is C63H58O. The summed E-state index contributed by atoms with van der Waals surface area (Å²) in [5, 5.41) is 2.33. The van der Waals surface area contributed by atoms with Gasteiger partial charge in [0.05, 0.1) is 0 Å². The minimum absolute atomic E-state index is 0.182. The van der Waals surface area contributed by atoms with Crippen LogP contribution in [0.3, 0.4) is 0 Å². The number of hydrogen-bond acceptors (Lipinski definition) is 1. The third kappa shape index (κ3) is 8.69. The van der Waals surface area contributed by atoms with Crippen LogP contribution in [0.1, 0.15) is 68.4 Å². The lowest BCUT2D eigenvalue weighted by Crippen LogP contribution is -2.17. The average Bonchev–Trinajstić information content (AvgIpc) is 3.82. The number of fused-ring (bicyclic) bond motifs is 5. The fourth-order valence-corrected chi connectivity index (χ4v) is 9.60. The molecule has 11 rings (SSSR count). The number of rotatable bonds is 6.